The quantitative estimate of drug-likeness (QED) is 0.572. The normalized spacial score (nSPS) is 9.40. The SMILES string of the molecule is COC(=N)c1cc(Br)cs1. The molecule has 0 bridgehead atoms. The molecular formula is C6H6BrNOS. The predicted molar refractivity (Wildman–Crippen MR) is 45.9 cm³/mol. The van der Waals surface area contributed by atoms with Gasteiger partial charge in [-0.05, 0) is 22.0 Å². The van der Waals surface area contributed by atoms with Crippen LogP contribution >= 0.6 is 27.3 Å². The van der Waals surface area contributed by atoms with Gasteiger partial charge < -0.3 is 4.74 Å². The van der Waals surface area contributed by atoms with E-state index in [9.17, 15) is 0 Å². The molecular weight excluding hydrogens is 214 g/mol. The summed E-state index contributed by atoms with van der Waals surface area (Å²) in [6, 6.07) is 1.86. The van der Waals surface area contributed by atoms with Gasteiger partial charge in [-0.25, -0.2) is 0 Å². The van der Waals surface area contributed by atoms with Gasteiger partial charge in [-0.1, -0.05) is 0 Å². The Labute approximate surface area is 71.5 Å². The number of methoxy groups -OCH3 is 1. The Morgan fingerprint density at radius 2 is 2.50 bits per heavy atom. The van der Waals surface area contributed by atoms with Crippen LogP contribution in [0.15, 0.2) is 15.9 Å². The summed E-state index contributed by atoms with van der Waals surface area (Å²) in [5.74, 6) is 0.218. The van der Waals surface area contributed by atoms with Gasteiger partial charge in [-0.2, -0.15) is 0 Å². The Balaban J connectivity index is 2.85. The van der Waals surface area contributed by atoms with Crippen LogP contribution < -0.4 is 0 Å². The molecule has 1 heterocycles. The van der Waals surface area contributed by atoms with Crippen molar-refractivity contribution in [2.45, 2.75) is 0 Å². The molecule has 0 aliphatic rings. The Bertz CT molecular complexity index is 246. The van der Waals surface area contributed by atoms with E-state index in [2.05, 4.69) is 15.9 Å². The summed E-state index contributed by atoms with van der Waals surface area (Å²) in [7, 11) is 1.50. The van der Waals surface area contributed by atoms with Crippen LogP contribution in [0.25, 0.3) is 0 Å². The molecule has 0 radical (unpaired) electrons. The molecule has 54 valence electrons. The maximum absolute atomic E-state index is 7.26. The van der Waals surface area contributed by atoms with Crippen molar-refractivity contribution < 1.29 is 4.74 Å². The third kappa shape index (κ3) is 1.58. The average Bonchev–Trinajstić information content (AvgIpc) is 2.34. The van der Waals surface area contributed by atoms with Gasteiger partial charge in [-0.3, -0.25) is 5.41 Å². The largest absolute Gasteiger partial charge is 0.480 e. The predicted octanol–water partition coefficient (Wildman–Crippen LogP) is 2.48. The Morgan fingerprint density at radius 1 is 1.80 bits per heavy atom. The topological polar surface area (TPSA) is 33.1 Å². The van der Waals surface area contributed by atoms with Crippen molar-refractivity contribution in [1.29, 1.82) is 5.41 Å². The van der Waals surface area contributed by atoms with Gasteiger partial charge in [0.05, 0.1) is 12.0 Å². The number of hydrogen-bond donors (Lipinski definition) is 1. The molecule has 4 heteroatoms. The van der Waals surface area contributed by atoms with Gasteiger partial charge in [0, 0.05) is 9.85 Å². The molecule has 0 saturated carbocycles. The summed E-state index contributed by atoms with van der Waals surface area (Å²) in [4.78, 5) is 0.842. The van der Waals surface area contributed by atoms with E-state index in [4.69, 9.17) is 10.1 Å². The van der Waals surface area contributed by atoms with E-state index in [-0.39, 0.29) is 5.90 Å². The minimum absolute atomic E-state index is 0.218. The van der Waals surface area contributed by atoms with Crippen LogP contribution in [0.4, 0.5) is 0 Å². The Kier molecular flexibility index (Phi) is 2.45. The minimum atomic E-state index is 0.218. The van der Waals surface area contributed by atoms with Crippen molar-refractivity contribution in [3.05, 3.63) is 20.8 Å². The summed E-state index contributed by atoms with van der Waals surface area (Å²) < 4.78 is 5.72. The van der Waals surface area contributed by atoms with Crippen LogP contribution in [0.2, 0.25) is 0 Å². The second kappa shape index (κ2) is 3.16. The maximum Gasteiger partial charge on any atom is 0.223 e. The molecule has 1 aromatic heterocycles. The lowest BCUT2D eigenvalue weighted by molar-refractivity contribution is 0.402. The Hall–Kier alpha value is -0.350. The average molecular weight is 220 g/mol. The van der Waals surface area contributed by atoms with Crippen molar-refractivity contribution in [2.75, 3.05) is 7.11 Å². The number of halogens is 1. The summed E-state index contributed by atoms with van der Waals surface area (Å²) >= 11 is 4.77. The van der Waals surface area contributed by atoms with Gasteiger partial charge in [0.2, 0.25) is 5.90 Å². The highest BCUT2D eigenvalue weighted by Crippen LogP contribution is 2.19. The number of hydrogen-bond acceptors (Lipinski definition) is 3. The van der Waals surface area contributed by atoms with E-state index in [1.807, 2.05) is 11.4 Å². The number of thiophene rings is 1. The van der Waals surface area contributed by atoms with Crippen molar-refractivity contribution >= 4 is 33.2 Å². The second-order valence-corrected chi connectivity index (χ2v) is 3.49. The highest BCUT2D eigenvalue weighted by molar-refractivity contribution is 9.10. The summed E-state index contributed by atoms with van der Waals surface area (Å²) in [6.07, 6.45) is 0. The van der Waals surface area contributed by atoms with E-state index in [1.54, 1.807) is 0 Å². The van der Waals surface area contributed by atoms with Crippen LogP contribution in [0.3, 0.4) is 0 Å². The van der Waals surface area contributed by atoms with E-state index in [0.717, 1.165) is 9.35 Å². The molecule has 1 N–H and O–H groups in total. The first-order chi connectivity index (χ1) is 4.74. The fraction of sp³-hybridized carbons (Fsp3) is 0.167. The minimum Gasteiger partial charge on any atom is -0.480 e. The van der Waals surface area contributed by atoms with Crippen molar-refractivity contribution in [3.8, 4) is 0 Å². The van der Waals surface area contributed by atoms with Gasteiger partial charge in [-0.15, -0.1) is 11.3 Å². The van der Waals surface area contributed by atoms with Gasteiger partial charge in [0.1, 0.15) is 0 Å². The summed E-state index contributed by atoms with van der Waals surface area (Å²) in [5, 5.41) is 9.18. The van der Waals surface area contributed by atoms with Gasteiger partial charge in [0.25, 0.3) is 0 Å². The highest BCUT2D eigenvalue weighted by atomic mass is 79.9. The lowest BCUT2D eigenvalue weighted by Crippen LogP contribution is -1.96. The number of rotatable bonds is 1. The first kappa shape index (κ1) is 7.75. The van der Waals surface area contributed by atoms with E-state index in [1.165, 1.54) is 18.4 Å². The van der Waals surface area contributed by atoms with Crippen molar-refractivity contribution in [1.82, 2.24) is 0 Å². The van der Waals surface area contributed by atoms with Crippen LogP contribution in [0, 0.1) is 5.41 Å². The molecule has 2 nitrogen and oxygen atoms in total. The molecule has 0 fully saturated rings. The molecule has 0 atom stereocenters. The lowest BCUT2D eigenvalue weighted by atomic mass is 10.5. The zero-order valence-electron chi connectivity index (χ0n) is 5.35. The first-order valence-corrected chi connectivity index (χ1v) is 4.28. The van der Waals surface area contributed by atoms with E-state index >= 15 is 0 Å². The molecule has 0 spiro atoms. The lowest BCUT2D eigenvalue weighted by Gasteiger charge is -1.94. The molecule has 0 unspecified atom stereocenters. The summed E-state index contributed by atoms with van der Waals surface area (Å²) in [5.41, 5.74) is 0. The van der Waals surface area contributed by atoms with Crippen molar-refractivity contribution in [3.63, 3.8) is 0 Å². The first-order valence-electron chi connectivity index (χ1n) is 2.61. The molecule has 0 saturated heterocycles. The molecule has 0 aliphatic carbocycles. The molecule has 0 amide bonds. The fourth-order valence-corrected chi connectivity index (χ4v) is 1.89. The smallest absolute Gasteiger partial charge is 0.223 e. The van der Waals surface area contributed by atoms with E-state index < -0.39 is 0 Å². The van der Waals surface area contributed by atoms with Gasteiger partial charge >= 0.3 is 0 Å². The third-order valence-electron chi connectivity index (χ3n) is 0.995. The molecule has 1 aromatic rings. The summed E-state index contributed by atoms with van der Waals surface area (Å²) in [6.45, 7) is 0. The molecule has 1 rings (SSSR count). The Morgan fingerprint density at radius 3 is 2.90 bits per heavy atom. The zero-order chi connectivity index (χ0) is 7.56. The third-order valence-corrected chi connectivity index (χ3v) is 2.69. The molecule has 0 aromatic carbocycles. The standard InChI is InChI=1S/C6H6BrNOS/c1-9-6(8)5-2-4(7)3-10-5/h2-3,8H,1H3. The van der Waals surface area contributed by atoms with Crippen LogP contribution in [0.1, 0.15) is 4.88 Å². The van der Waals surface area contributed by atoms with Crippen LogP contribution in [0.5, 0.6) is 0 Å². The van der Waals surface area contributed by atoms with Crippen LogP contribution in [-0.2, 0) is 4.74 Å². The molecule has 0 aliphatic heterocycles. The molecule has 10 heavy (non-hydrogen) atoms. The van der Waals surface area contributed by atoms with Crippen molar-refractivity contribution in [2.24, 2.45) is 0 Å². The number of ether oxygens (including phenoxy) is 1. The second-order valence-electron chi connectivity index (χ2n) is 1.66. The zero-order valence-corrected chi connectivity index (χ0v) is 7.75. The maximum atomic E-state index is 7.26. The van der Waals surface area contributed by atoms with Crippen LogP contribution in [-0.4, -0.2) is 13.0 Å². The van der Waals surface area contributed by atoms with E-state index in [0.29, 0.717) is 0 Å². The highest BCUT2D eigenvalue weighted by Gasteiger charge is 2.02. The monoisotopic (exact) mass is 219 g/mol. The van der Waals surface area contributed by atoms with Gasteiger partial charge in [0.15, 0.2) is 0 Å². The fourth-order valence-electron chi connectivity index (χ4n) is 0.533. The number of nitrogens with one attached hydrogen (secondary N) is 1.